The first-order valence-corrected chi connectivity index (χ1v) is 6.26. The Morgan fingerprint density at radius 2 is 1.79 bits per heavy atom. The van der Waals surface area contributed by atoms with Gasteiger partial charge in [-0.05, 0) is 27.7 Å². The summed E-state index contributed by atoms with van der Waals surface area (Å²) < 4.78 is 28.1. The summed E-state index contributed by atoms with van der Waals surface area (Å²) in [6.45, 7) is 6.93. The molecule has 7 nitrogen and oxygen atoms in total. The molecular weight excluding hydrogens is 256 g/mol. The quantitative estimate of drug-likeness (QED) is 0.744. The highest BCUT2D eigenvalue weighted by Gasteiger charge is 2.69. The number of hydrogen-bond acceptors (Lipinski definition) is 6. The molecule has 0 aromatic heterocycles. The lowest BCUT2D eigenvalue weighted by atomic mass is 9.97. The van der Waals surface area contributed by atoms with Crippen LogP contribution in [0.4, 0.5) is 0 Å². The number of fused-ring (bicyclic) bond motifs is 3. The molecule has 0 saturated carbocycles. The summed E-state index contributed by atoms with van der Waals surface area (Å²) in [6.07, 6.45) is -1.74. The SMILES string of the molecule is CC1(C)O[C@@H]2[C@H](COC3(C(=O)O)OC(C)(C)O[C@@H]23)O1. The van der Waals surface area contributed by atoms with E-state index < -0.39 is 35.5 Å². The maximum Gasteiger partial charge on any atom is 0.367 e. The summed E-state index contributed by atoms with van der Waals surface area (Å²) in [5, 5.41) is 9.46. The minimum Gasteiger partial charge on any atom is -0.477 e. The van der Waals surface area contributed by atoms with Crippen LogP contribution in [-0.2, 0) is 28.5 Å². The van der Waals surface area contributed by atoms with Crippen LogP contribution in [0.2, 0.25) is 0 Å². The largest absolute Gasteiger partial charge is 0.477 e. The fourth-order valence-corrected chi connectivity index (χ4v) is 2.91. The monoisotopic (exact) mass is 274 g/mol. The van der Waals surface area contributed by atoms with Crippen LogP contribution in [-0.4, -0.2) is 53.4 Å². The van der Waals surface area contributed by atoms with Crippen LogP contribution in [0.5, 0.6) is 0 Å². The van der Waals surface area contributed by atoms with Gasteiger partial charge in [0.05, 0.1) is 6.61 Å². The van der Waals surface area contributed by atoms with Crippen molar-refractivity contribution in [2.45, 2.75) is 63.4 Å². The number of ether oxygens (including phenoxy) is 5. The molecule has 3 heterocycles. The number of carbonyl (C=O) groups is 1. The van der Waals surface area contributed by atoms with E-state index in [0.717, 1.165) is 0 Å². The third-order valence-electron chi connectivity index (χ3n) is 3.46. The summed E-state index contributed by atoms with van der Waals surface area (Å²) >= 11 is 0. The Labute approximate surface area is 110 Å². The van der Waals surface area contributed by atoms with Gasteiger partial charge < -0.3 is 28.8 Å². The number of rotatable bonds is 1. The Kier molecular flexibility index (Phi) is 2.57. The molecule has 3 aliphatic heterocycles. The zero-order chi connectivity index (χ0) is 14.1. The van der Waals surface area contributed by atoms with Crippen molar-refractivity contribution in [2.75, 3.05) is 6.61 Å². The van der Waals surface area contributed by atoms with E-state index in [1.54, 1.807) is 27.7 Å². The second-order valence-electron chi connectivity index (χ2n) is 5.96. The van der Waals surface area contributed by atoms with Crippen molar-refractivity contribution in [1.82, 2.24) is 0 Å². The summed E-state index contributed by atoms with van der Waals surface area (Å²) in [6, 6.07) is 0. The van der Waals surface area contributed by atoms with Gasteiger partial charge in [-0.2, -0.15) is 0 Å². The molecule has 19 heavy (non-hydrogen) atoms. The van der Waals surface area contributed by atoms with Gasteiger partial charge in [0.1, 0.15) is 12.2 Å². The van der Waals surface area contributed by atoms with Gasteiger partial charge in [0.2, 0.25) is 0 Å². The lowest BCUT2D eigenvalue weighted by molar-refractivity contribution is -0.277. The van der Waals surface area contributed by atoms with Gasteiger partial charge in [-0.3, -0.25) is 0 Å². The molecule has 4 atom stereocenters. The molecule has 0 bridgehead atoms. The van der Waals surface area contributed by atoms with Gasteiger partial charge in [0.25, 0.3) is 0 Å². The van der Waals surface area contributed by atoms with E-state index >= 15 is 0 Å². The van der Waals surface area contributed by atoms with Crippen LogP contribution in [0.3, 0.4) is 0 Å². The van der Waals surface area contributed by atoms with E-state index in [2.05, 4.69) is 0 Å². The molecular formula is C12H18O7. The second kappa shape index (κ2) is 3.67. The maximum absolute atomic E-state index is 11.6. The molecule has 3 rings (SSSR count). The van der Waals surface area contributed by atoms with E-state index in [0.29, 0.717) is 0 Å². The smallest absolute Gasteiger partial charge is 0.367 e. The molecule has 108 valence electrons. The topological polar surface area (TPSA) is 83.5 Å². The minimum absolute atomic E-state index is 0.0936. The lowest BCUT2D eigenvalue weighted by Crippen LogP contribution is -2.62. The van der Waals surface area contributed by atoms with Gasteiger partial charge in [-0.1, -0.05) is 0 Å². The number of carboxylic acids is 1. The Balaban J connectivity index is 1.96. The van der Waals surface area contributed by atoms with E-state index in [4.69, 9.17) is 23.7 Å². The van der Waals surface area contributed by atoms with Crippen LogP contribution in [0.1, 0.15) is 27.7 Å². The first-order chi connectivity index (χ1) is 8.65. The van der Waals surface area contributed by atoms with E-state index in [9.17, 15) is 9.90 Å². The summed E-state index contributed by atoms with van der Waals surface area (Å²) in [4.78, 5) is 11.6. The Morgan fingerprint density at radius 1 is 1.11 bits per heavy atom. The first-order valence-electron chi connectivity index (χ1n) is 6.26. The second-order valence-corrected chi connectivity index (χ2v) is 5.96. The van der Waals surface area contributed by atoms with Crippen molar-refractivity contribution in [3.63, 3.8) is 0 Å². The van der Waals surface area contributed by atoms with Crippen LogP contribution in [0, 0.1) is 0 Å². The minimum atomic E-state index is -1.82. The van der Waals surface area contributed by atoms with E-state index in [1.807, 2.05) is 0 Å². The zero-order valence-electron chi connectivity index (χ0n) is 11.3. The average Bonchev–Trinajstić information content (AvgIpc) is 2.70. The molecule has 3 saturated heterocycles. The van der Waals surface area contributed by atoms with Gasteiger partial charge in [-0.15, -0.1) is 0 Å². The molecule has 0 aromatic rings. The number of carboxylic acid groups (broad SMARTS) is 1. The molecule has 1 N–H and O–H groups in total. The lowest BCUT2D eigenvalue weighted by Gasteiger charge is -2.37. The predicted molar refractivity (Wildman–Crippen MR) is 60.2 cm³/mol. The molecule has 0 aromatic carbocycles. The van der Waals surface area contributed by atoms with Crippen molar-refractivity contribution in [2.24, 2.45) is 0 Å². The standard InChI is InChI=1S/C12H18O7/c1-10(2)16-6-5-15-12(9(13)14)8(7(6)17-10)18-11(3,4)19-12/h6-8H,5H2,1-4H3,(H,13,14)/t6-,7+,8-,12?/m0/s1. The van der Waals surface area contributed by atoms with Crippen LogP contribution >= 0.6 is 0 Å². The maximum atomic E-state index is 11.6. The van der Waals surface area contributed by atoms with Gasteiger partial charge >= 0.3 is 11.8 Å². The third-order valence-corrected chi connectivity index (χ3v) is 3.46. The Hall–Kier alpha value is -0.730. The van der Waals surface area contributed by atoms with Crippen LogP contribution in [0.15, 0.2) is 0 Å². The van der Waals surface area contributed by atoms with Crippen molar-refractivity contribution in [3.05, 3.63) is 0 Å². The number of aliphatic carboxylic acids is 1. The Bertz CT molecular complexity index is 418. The van der Waals surface area contributed by atoms with E-state index in [1.165, 1.54) is 0 Å². The molecule has 0 aliphatic carbocycles. The molecule has 1 unspecified atom stereocenters. The molecule has 7 heteroatoms. The van der Waals surface area contributed by atoms with Gasteiger partial charge in [-0.25, -0.2) is 4.79 Å². The van der Waals surface area contributed by atoms with Crippen molar-refractivity contribution in [1.29, 1.82) is 0 Å². The average molecular weight is 274 g/mol. The predicted octanol–water partition coefficient (Wildman–Crippen LogP) is 0.469. The van der Waals surface area contributed by atoms with Crippen molar-refractivity contribution < 1.29 is 33.6 Å². The first kappa shape index (κ1) is 13.3. The fraction of sp³-hybridized carbons (Fsp3) is 0.917. The van der Waals surface area contributed by atoms with Crippen molar-refractivity contribution >= 4 is 5.97 Å². The van der Waals surface area contributed by atoms with Crippen LogP contribution in [0.25, 0.3) is 0 Å². The van der Waals surface area contributed by atoms with Crippen LogP contribution < -0.4 is 0 Å². The normalized spacial score (nSPS) is 46.6. The molecule has 0 amide bonds. The molecule has 0 radical (unpaired) electrons. The summed E-state index contributed by atoms with van der Waals surface area (Å²) in [5.74, 6) is -4.87. The van der Waals surface area contributed by atoms with E-state index in [-0.39, 0.29) is 12.7 Å². The zero-order valence-corrected chi connectivity index (χ0v) is 11.3. The highest BCUT2D eigenvalue weighted by molar-refractivity contribution is 5.77. The molecule has 0 spiro atoms. The highest BCUT2D eigenvalue weighted by atomic mass is 16.9. The summed E-state index contributed by atoms with van der Waals surface area (Å²) in [5.41, 5.74) is 0. The molecule has 3 fully saturated rings. The fourth-order valence-electron chi connectivity index (χ4n) is 2.91. The third kappa shape index (κ3) is 1.88. The van der Waals surface area contributed by atoms with Crippen molar-refractivity contribution in [3.8, 4) is 0 Å². The summed E-state index contributed by atoms with van der Waals surface area (Å²) in [7, 11) is 0. The molecule has 3 aliphatic rings. The van der Waals surface area contributed by atoms with Gasteiger partial charge in [0.15, 0.2) is 17.7 Å². The Morgan fingerprint density at radius 3 is 2.42 bits per heavy atom. The van der Waals surface area contributed by atoms with Gasteiger partial charge in [0, 0.05) is 0 Å². The highest BCUT2D eigenvalue weighted by Crippen LogP contribution is 2.47. The number of hydrogen-bond donors (Lipinski definition) is 1.